The second-order valence-corrected chi connectivity index (χ2v) is 5.09. The SMILES string of the molecule is C[C@@H](SCC(=O)NCCC#N)c1ccc(F)cc1. The lowest BCUT2D eigenvalue weighted by Crippen LogP contribution is -2.26. The summed E-state index contributed by atoms with van der Waals surface area (Å²) >= 11 is 1.48. The highest BCUT2D eigenvalue weighted by Gasteiger charge is 2.09. The van der Waals surface area contributed by atoms with Gasteiger partial charge in [-0.1, -0.05) is 12.1 Å². The van der Waals surface area contributed by atoms with Crippen LogP contribution in [0.3, 0.4) is 0 Å². The number of thioether (sulfide) groups is 1. The third kappa shape index (κ3) is 5.19. The zero-order valence-electron chi connectivity index (χ0n) is 10.1. The highest BCUT2D eigenvalue weighted by Crippen LogP contribution is 2.27. The summed E-state index contributed by atoms with van der Waals surface area (Å²) in [5.41, 5.74) is 0.992. The first-order valence-corrected chi connectivity index (χ1v) is 6.69. The molecule has 0 unspecified atom stereocenters. The highest BCUT2D eigenvalue weighted by atomic mass is 32.2. The topological polar surface area (TPSA) is 52.9 Å². The molecule has 1 aromatic carbocycles. The number of nitrogens with zero attached hydrogens (tertiary/aromatic N) is 1. The van der Waals surface area contributed by atoms with Crippen LogP contribution in [-0.4, -0.2) is 18.2 Å². The minimum Gasteiger partial charge on any atom is -0.354 e. The van der Waals surface area contributed by atoms with Crippen LogP contribution in [0.4, 0.5) is 4.39 Å². The number of nitriles is 1. The molecule has 0 aliphatic heterocycles. The zero-order valence-corrected chi connectivity index (χ0v) is 11.0. The summed E-state index contributed by atoms with van der Waals surface area (Å²) in [7, 11) is 0. The molecule has 3 nitrogen and oxygen atoms in total. The summed E-state index contributed by atoms with van der Waals surface area (Å²) in [5.74, 6) is -0.00124. The number of nitrogens with one attached hydrogen (secondary N) is 1. The summed E-state index contributed by atoms with van der Waals surface area (Å²) in [6, 6.07) is 8.24. The van der Waals surface area contributed by atoms with Gasteiger partial charge in [-0.2, -0.15) is 5.26 Å². The van der Waals surface area contributed by atoms with Crippen molar-refractivity contribution in [1.82, 2.24) is 5.32 Å². The van der Waals surface area contributed by atoms with Crippen LogP contribution >= 0.6 is 11.8 Å². The minimum absolute atomic E-state index is 0.0794. The summed E-state index contributed by atoms with van der Waals surface area (Å²) in [6.07, 6.45) is 0.323. The van der Waals surface area contributed by atoms with E-state index in [0.29, 0.717) is 18.7 Å². The van der Waals surface area contributed by atoms with Crippen molar-refractivity contribution in [2.75, 3.05) is 12.3 Å². The quantitative estimate of drug-likeness (QED) is 0.805. The molecule has 5 heteroatoms. The van der Waals surface area contributed by atoms with Crippen LogP contribution in [0.25, 0.3) is 0 Å². The molecule has 0 radical (unpaired) electrons. The van der Waals surface area contributed by atoms with Gasteiger partial charge in [-0.05, 0) is 24.6 Å². The first kappa shape index (κ1) is 14.5. The lowest BCUT2D eigenvalue weighted by molar-refractivity contribution is -0.118. The van der Waals surface area contributed by atoms with E-state index in [1.54, 1.807) is 12.1 Å². The number of carbonyl (C=O) groups excluding carboxylic acids is 1. The number of halogens is 1. The summed E-state index contributed by atoms with van der Waals surface area (Å²) in [5, 5.41) is 11.1. The molecular weight excluding hydrogens is 251 g/mol. The van der Waals surface area contributed by atoms with Crippen LogP contribution in [0.15, 0.2) is 24.3 Å². The number of hydrogen-bond donors (Lipinski definition) is 1. The number of hydrogen-bond acceptors (Lipinski definition) is 3. The van der Waals surface area contributed by atoms with E-state index < -0.39 is 0 Å². The number of amides is 1. The molecule has 0 saturated heterocycles. The summed E-state index contributed by atoms with van der Waals surface area (Å²) < 4.78 is 12.7. The van der Waals surface area contributed by atoms with E-state index in [4.69, 9.17) is 5.26 Å². The Hall–Kier alpha value is -1.54. The van der Waals surface area contributed by atoms with Crippen molar-refractivity contribution >= 4 is 17.7 Å². The van der Waals surface area contributed by atoms with Crippen LogP contribution in [-0.2, 0) is 4.79 Å². The average Bonchev–Trinajstić information content (AvgIpc) is 2.37. The lowest BCUT2D eigenvalue weighted by Gasteiger charge is -2.11. The van der Waals surface area contributed by atoms with Crippen LogP contribution in [0, 0.1) is 17.1 Å². The molecule has 0 saturated carbocycles. The zero-order chi connectivity index (χ0) is 13.4. The fraction of sp³-hybridized carbons (Fsp3) is 0.385. The largest absolute Gasteiger partial charge is 0.354 e. The van der Waals surface area contributed by atoms with Crippen molar-refractivity contribution in [3.8, 4) is 6.07 Å². The third-order valence-electron chi connectivity index (χ3n) is 2.36. The van der Waals surface area contributed by atoms with Gasteiger partial charge in [-0.3, -0.25) is 4.79 Å². The van der Waals surface area contributed by atoms with Crippen molar-refractivity contribution in [3.05, 3.63) is 35.6 Å². The van der Waals surface area contributed by atoms with E-state index in [1.807, 2.05) is 13.0 Å². The second kappa shape index (κ2) is 7.72. The Kier molecular flexibility index (Phi) is 6.23. The van der Waals surface area contributed by atoms with Crippen LogP contribution < -0.4 is 5.32 Å². The normalized spacial score (nSPS) is 11.6. The molecule has 18 heavy (non-hydrogen) atoms. The van der Waals surface area contributed by atoms with E-state index in [2.05, 4.69) is 5.32 Å². The van der Waals surface area contributed by atoms with E-state index in [-0.39, 0.29) is 17.0 Å². The van der Waals surface area contributed by atoms with Gasteiger partial charge < -0.3 is 5.32 Å². The smallest absolute Gasteiger partial charge is 0.230 e. The van der Waals surface area contributed by atoms with Crippen LogP contribution in [0.1, 0.15) is 24.2 Å². The molecule has 1 atom stereocenters. The van der Waals surface area contributed by atoms with E-state index in [0.717, 1.165) is 5.56 Å². The third-order valence-corrected chi connectivity index (χ3v) is 3.56. The molecule has 1 amide bonds. The minimum atomic E-state index is -0.259. The van der Waals surface area contributed by atoms with Gasteiger partial charge in [0.15, 0.2) is 0 Å². The van der Waals surface area contributed by atoms with Gasteiger partial charge in [0, 0.05) is 11.8 Å². The predicted octanol–water partition coefficient (Wildman–Crippen LogP) is 2.65. The first-order chi connectivity index (χ1) is 8.63. The summed E-state index contributed by atoms with van der Waals surface area (Å²) in [4.78, 5) is 11.4. The van der Waals surface area contributed by atoms with Gasteiger partial charge in [-0.15, -0.1) is 11.8 Å². The lowest BCUT2D eigenvalue weighted by atomic mass is 10.2. The van der Waals surface area contributed by atoms with Crippen molar-refractivity contribution in [2.45, 2.75) is 18.6 Å². The maximum absolute atomic E-state index is 12.7. The Bertz CT molecular complexity index is 428. The van der Waals surface area contributed by atoms with Crippen LogP contribution in [0.2, 0.25) is 0 Å². The molecule has 1 N–H and O–H groups in total. The Labute approximate surface area is 110 Å². The Balaban J connectivity index is 2.32. The molecule has 0 aromatic heterocycles. The highest BCUT2D eigenvalue weighted by molar-refractivity contribution is 8.00. The molecule has 96 valence electrons. The fourth-order valence-corrected chi connectivity index (χ4v) is 2.19. The molecular formula is C13H15FN2OS. The van der Waals surface area contributed by atoms with E-state index in [9.17, 15) is 9.18 Å². The number of benzene rings is 1. The molecule has 0 fully saturated rings. The second-order valence-electron chi connectivity index (χ2n) is 3.76. The van der Waals surface area contributed by atoms with Crippen molar-refractivity contribution in [1.29, 1.82) is 5.26 Å². The molecule has 1 rings (SSSR count). The number of carbonyl (C=O) groups is 1. The molecule has 0 heterocycles. The van der Waals surface area contributed by atoms with Gasteiger partial charge in [0.25, 0.3) is 0 Å². The first-order valence-electron chi connectivity index (χ1n) is 5.64. The molecule has 1 aromatic rings. The Morgan fingerprint density at radius 1 is 1.50 bits per heavy atom. The summed E-state index contributed by atoms with van der Waals surface area (Å²) in [6.45, 7) is 2.36. The van der Waals surface area contributed by atoms with Crippen LogP contribution in [0.5, 0.6) is 0 Å². The van der Waals surface area contributed by atoms with Gasteiger partial charge >= 0.3 is 0 Å². The van der Waals surface area contributed by atoms with Gasteiger partial charge in [0.1, 0.15) is 5.82 Å². The Morgan fingerprint density at radius 2 is 2.17 bits per heavy atom. The molecule has 0 aliphatic carbocycles. The fourth-order valence-electron chi connectivity index (χ4n) is 1.34. The standard InChI is InChI=1S/C13H15FN2OS/c1-10(11-3-5-12(14)6-4-11)18-9-13(17)16-8-2-7-15/h3-6,10H,2,8-9H2,1H3,(H,16,17)/t10-/m1/s1. The number of rotatable bonds is 6. The van der Waals surface area contributed by atoms with E-state index >= 15 is 0 Å². The molecule has 0 spiro atoms. The van der Waals surface area contributed by atoms with Gasteiger partial charge in [0.2, 0.25) is 5.91 Å². The maximum Gasteiger partial charge on any atom is 0.230 e. The van der Waals surface area contributed by atoms with Crippen molar-refractivity contribution < 1.29 is 9.18 Å². The Morgan fingerprint density at radius 3 is 2.78 bits per heavy atom. The monoisotopic (exact) mass is 266 g/mol. The molecule has 0 bridgehead atoms. The van der Waals surface area contributed by atoms with Gasteiger partial charge in [0.05, 0.1) is 18.2 Å². The van der Waals surface area contributed by atoms with E-state index in [1.165, 1.54) is 23.9 Å². The maximum atomic E-state index is 12.7. The van der Waals surface area contributed by atoms with Crippen molar-refractivity contribution in [2.24, 2.45) is 0 Å². The van der Waals surface area contributed by atoms with Crippen molar-refractivity contribution in [3.63, 3.8) is 0 Å². The average molecular weight is 266 g/mol. The molecule has 0 aliphatic rings. The predicted molar refractivity (Wildman–Crippen MR) is 70.5 cm³/mol. The van der Waals surface area contributed by atoms with Gasteiger partial charge in [-0.25, -0.2) is 4.39 Å².